The minimum absolute atomic E-state index is 0.218. The molecule has 0 atom stereocenters. The maximum Gasteiger partial charge on any atom is 0.155 e. The highest BCUT2D eigenvalue weighted by Gasteiger charge is 2.14. The molecular weight excluding hydrogens is 400 g/mol. The van der Waals surface area contributed by atoms with Crippen LogP contribution in [0.4, 0.5) is 14.6 Å². The van der Waals surface area contributed by atoms with Gasteiger partial charge < -0.3 is 5.32 Å². The fourth-order valence-corrected chi connectivity index (χ4v) is 3.37. The summed E-state index contributed by atoms with van der Waals surface area (Å²) in [6, 6.07) is 14.8. The van der Waals surface area contributed by atoms with Gasteiger partial charge in [0.15, 0.2) is 11.5 Å². The highest BCUT2D eigenvalue weighted by Crippen LogP contribution is 2.26. The van der Waals surface area contributed by atoms with Crippen LogP contribution in [0.15, 0.2) is 67.1 Å². The number of pyridine rings is 2. The number of aryl methyl sites for hydroxylation is 1. The van der Waals surface area contributed by atoms with Gasteiger partial charge >= 0.3 is 0 Å². The fraction of sp³-hybridized carbons (Fsp3) is 0.0909. The maximum atomic E-state index is 13.5. The predicted molar refractivity (Wildman–Crippen MR) is 112 cm³/mol. The smallest absolute Gasteiger partial charge is 0.155 e. The van der Waals surface area contributed by atoms with Gasteiger partial charge in [-0.3, -0.25) is 0 Å². The van der Waals surface area contributed by atoms with Crippen molar-refractivity contribution in [2.24, 2.45) is 0 Å². The number of anilines is 1. The van der Waals surface area contributed by atoms with Crippen LogP contribution in [-0.2, 0) is 6.54 Å². The van der Waals surface area contributed by atoms with Crippen LogP contribution in [0.1, 0.15) is 11.3 Å². The molecule has 9 heteroatoms. The summed E-state index contributed by atoms with van der Waals surface area (Å²) in [5.41, 5.74) is 3.70. The number of fused-ring (bicyclic) bond motifs is 1. The third-order valence-corrected chi connectivity index (χ3v) is 4.77. The largest absolute Gasteiger partial charge is 0.364 e. The summed E-state index contributed by atoms with van der Waals surface area (Å²) in [5, 5.41) is 11.9. The van der Waals surface area contributed by atoms with Gasteiger partial charge in [-0.1, -0.05) is 6.07 Å². The number of rotatable bonds is 5. The van der Waals surface area contributed by atoms with Crippen LogP contribution in [0.3, 0.4) is 0 Å². The first kappa shape index (κ1) is 18.9. The Morgan fingerprint density at radius 2 is 1.84 bits per heavy atom. The number of halogens is 2. The molecule has 0 fully saturated rings. The lowest BCUT2D eigenvalue weighted by molar-refractivity contribution is 0.580. The van der Waals surface area contributed by atoms with Crippen LogP contribution in [0, 0.1) is 18.6 Å². The quantitative estimate of drug-likeness (QED) is 0.465. The molecular formula is C22H17F2N7. The average molecular weight is 417 g/mol. The third kappa shape index (κ3) is 3.85. The van der Waals surface area contributed by atoms with Crippen molar-refractivity contribution in [3.8, 4) is 17.1 Å². The van der Waals surface area contributed by atoms with E-state index >= 15 is 0 Å². The number of aromatic nitrogens is 6. The highest BCUT2D eigenvalue weighted by atomic mass is 19.1. The number of hydrogen-bond donors (Lipinski definition) is 1. The highest BCUT2D eigenvalue weighted by molar-refractivity contribution is 5.68. The van der Waals surface area contributed by atoms with Gasteiger partial charge in [-0.05, 0) is 48.9 Å². The van der Waals surface area contributed by atoms with Gasteiger partial charge in [0, 0.05) is 36.1 Å². The molecule has 1 aromatic carbocycles. The molecule has 7 nitrogen and oxygen atoms in total. The van der Waals surface area contributed by atoms with E-state index in [1.165, 1.54) is 18.5 Å². The van der Waals surface area contributed by atoms with Crippen LogP contribution in [-0.4, -0.2) is 29.4 Å². The normalized spacial score (nSPS) is 11.2. The van der Waals surface area contributed by atoms with Gasteiger partial charge in [-0.25, -0.2) is 27.9 Å². The topological polar surface area (TPSA) is 72.9 Å². The van der Waals surface area contributed by atoms with E-state index in [0.717, 1.165) is 23.0 Å². The van der Waals surface area contributed by atoms with Gasteiger partial charge in [-0.2, -0.15) is 5.10 Å². The summed E-state index contributed by atoms with van der Waals surface area (Å²) >= 11 is 0. The first-order valence-electron chi connectivity index (χ1n) is 9.58. The van der Waals surface area contributed by atoms with Crippen LogP contribution in [0.5, 0.6) is 0 Å². The molecule has 0 amide bonds. The van der Waals surface area contributed by atoms with Gasteiger partial charge in [0.05, 0.1) is 5.69 Å². The second-order valence-corrected chi connectivity index (χ2v) is 7.07. The monoisotopic (exact) mass is 417 g/mol. The van der Waals surface area contributed by atoms with Crippen molar-refractivity contribution in [2.75, 3.05) is 5.32 Å². The number of hydrogen-bond acceptors (Lipinski definition) is 5. The van der Waals surface area contributed by atoms with E-state index in [4.69, 9.17) is 0 Å². The molecule has 5 aromatic rings. The minimum Gasteiger partial charge on any atom is -0.364 e. The van der Waals surface area contributed by atoms with Gasteiger partial charge in [0.2, 0.25) is 0 Å². The first-order chi connectivity index (χ1) is 15.0. The second kappa shape index (κ2) is 7.60. The van der Waals surface area contributed by atoms with Gasteiger partial charge in [-0.15, -0.1) is 5.10 Å². The molecule has 0 spiro atoms. The average Bonchev–Trinajstić information content (AvgIpc) is 3.38. The molecule has 0 saturated heterocycles. The fourth-order valence-electron chi connectivity index (χ4n) is 3.37. The molecule has 0 bridgehead atoms. The first-order valence-corrected chi connectivity index (χ1v) is 9.58. The van der Waals surface area contributed by atoms with Crippen molar-refractivity contribution in [3.05, 3.63) is 90.0 Å². The molecule has 5 rings (SSSR count). The zero-order chi connectivity index (χ0) is 21.4. The zero-order valence-corrected chi connectivity index (χ0v) is 16.5. The van der Waals surface area contributed by atoms with E-state index in [1.807, 2.05) is 49.5 Å². The van der Waals surface area contributed by atoms with Gasteiger partial charge in [0.25, 0.3) is 0 Å². The van der Waals surface area contributed by atoms with Crippen molar-refractivity contribution in [3.63, 3.8) is 0 Å². The molecule has 0 aliphatic rings. The summed E-state index contributed by atoms with van der Waals surface area (Å²) < 4.78 is 30.4. The Bertz CT molecular complexity index is 1370. The molecule has 0 saturated carbocycles. The van der Waals surface area contributed by atoms with E-state index in [0.29, 0.717) is 22.8 Å². The Morgan fingerprint density at radius 3 is 2.65 bits per heavy atom. The maximum absolute atomic E-state index is 13.5. The Morgan fingerprint density at radius 1 is 1.00 bits per heavy atom. The Balaban J connectivity index is 1.54. The molecule has 0 aliphatic heterocycles. The molecule has 4 heterocycles. The Kier molecular flexibility index (Phi) is 4.62. The standard InChI is InChI=1S/C22H17F2N7/c1-14-3-2-4-21(28-14)31-19(16-5-6-30-22(9-16)26-13-27-30)11-20(29-31)25-12-15-7-17(23)10-18(24)8-15/h2-11,13H,12H2,1H3,(H,25,29). The molecule has 0 unspecified atom stereocenters. The SMILES string of the molecule is Cc1cccc(-n2nc(NCc3cc(F)cc(F)c3)cc2-c2ccn3ncnc3c2)n1. The lowest BCUT2D eigenvalue weighted by atomic mass is 10.2. The molecule has 0 aliphatic carbocycles. The van der Waals surface area contributed by atoms with Crippen LogP contribution < -0.4 is 5.32 Å². The molecule has 31 heavy (non-hydrogen) atoms. The summed E-state index contributed by atoms with van der Waals surface area (Å²) in [6.45, 7) is 2.13. The van der Waals surface area contributed by atoms with Gasteiger partial charge in [0.1, 0.15) is 23.8 Å². The van der Waals surface area contributed by atoms with Crippen LogP contribution >= 0.6 is 0 Å². The molecule has 4 aromatic heterocycles. The Labute approximate surface area is 176 Å². The van der Waals surface area contributed by atoms with Crippen molar-refractivity contribution in [1.29, 1.82) is 0 Å². The van der Waals surface area contributed by atoms with E-state index < -0.39 is 11.6 Å². The van der Waals surface area contributed by atoms with Crippen LogP contribution in [0.25, 0.3) is 22.7 Å². The summed E-state index contributed by atoms with van der Waals surface area (Å²) in [4.78, 5) is 8.82. The van der Waals surface area contributed by atoms with E-state index in [1.54, 1.807) is 9.20 Å². The predicted octanol–water partition coefficient (Wildman–Crippen LogP) is 4.18. The minimum atomic E-state index is -0.617. The third-order valence-electron chi connectivity index (χ3n) is 4.77. The number of nitrogens with zero attached hydrogens (tertiary/aromatic N) is 6. The summed E-state index contributed by atoms with van der Waals surface area (Å²) in [7, 11) is 0. The van der Waals surface area contributed by atoms with Crippen molar-refractivity contribution >= 4 is 11.5 Å². The number of nitrogens with one attached hydrogen (secondary N) is 1. The van der Waals surface area contributed by atoms with E-state index in [2.05, 4.69) is 25.5 Å². The lowest BCUT2D eigenvalue weighted by Gasteiger charge is -2.07. The molecule has 0 radical (unpaired) electrons. The Hall–Kier alpha value is -4.14. The van der Waals surface area contributed by atoms with Crippen molar-refractivity contribution in [1.82, 2.24) is 29.4 Å². The lowest BCUT2D eigenvalue weighted by Crippen LogP contribution is -2.05. The summed E-state index contributed by atoms with van der Waals surface area (Å²) in [6.07, 6.45) is 3.31. The van der Waals surface area contributed by atoms with Crippen molar-refractivity contribution < 1.29 is 8.78 Å². The summed E-state index contributed by atoms with van der Waals surface area (Å²) in [5.74, 6) is -0.0346. The van der Waals surface area contributed by atoms with E-state index in [9.17, 15) is 8.78 Å². The van der Waals surface area contributed by atoms with Crippen LogP contribution in [0.2, 0.25) is 0 Å². The van der Waals surface area contributed by atoms with E-state index in [-0.39, 0.29) is 6.54 Å². The zero-order valence-electron chi connectivity index (χ0n) is 16.5. The molecule has 154 valence electrons. The molecule has 1 N–H and O–H groups in total. The number of benzene rings is 1. The van der Waals surface area contributed by atoms with Crippen molar-refractivity contribution in [2.45, 2.75) is 13.5 Å². The second-order valence-electron chi connectivity index (χ2n) is 7.07.